The molecule has 0 amide bonds. The lowest BCUT2D eigenvalue weighted by atomic mass is 9.90. The van der Waals surface area contributed by atoms with Crippen molar-refractivity contribution >= 4 is 16.7 Å². The lowest BCUT2D eigenvalue weighted by Gasteiger charge is -2.28. The van der Waals surface area contributed by atoms with Gasteiger partial charge in [0.2, 0.25) is 0 Å². The number of benzene rings is 4. The molecule has 0 bridgehead atoms. The van der Waals surface area contributed by atoms with Gasteiger partial charge in [0.15, 0.2) is 0 Å². The number of fused-ring (bicyclic) bond motifs is 1. The molecule has 1 aliphatic rings. The molecule has 1 aliphatic heterocycles. The zero-order chi connectivity index (χ0) is 26.6. The minimum atomic E-state index is -1.10. The van der Waals surface area contributed by atoms with Crippen LogP contribution in [-0.4, -0.2) is 41.1 Å². The molecule has 0 aliphatic carbocycles. The normalized spacial score (nSPS) is 17.3. The van der Waals surface area contributed by atoms with Crippen molar-refractivity contribution in [2.75, 3.05) is 13.7 Å². The third-order valence-corrected chi connectivity index (χ3v) is 6.97. The Morgan fingerprint density at radius 2 is 1.87 bits per heavy atom. The Balaban J connectivity index is 1.47. The van der Waals surface area contributed by atoms with Crippen LogP contribution in [-0.2, 0) is 18.0 Å². The van der Waals surface area contributed by atoms with E-state index in [0.717, 1.165) is 22.1 Å². The number of hydrogen-bond acceptors (Lipinski definition) is 6. The van der Waals surface area contributed by atoms with E-state index in [0.29, 0.717) is 47.5 Å². The predicted octanol–water partition coefficient (Wildman–Crippen LogP) is 5.50. The summed E-state index contributed by atoms with van der Waals surface area (Å²) in [4.78, 5) is 12.1. The summed E-state index contributed by atoms with van der Waals surface area (Å²) in [5.74, 6) is 0.194. The molecular weight excluding hydrogens is 484 g/mol. The van der Waals surface area contributed by atoms with E-state index >= 15 is 0 Å². The number of aromatic carboxylic acids is 1. The van der Waals surface area contributed by atoms with Crippen LogP contribution in [0.2, 0.25) is 0 Å². The van der Waals surface area contributed by atoms with Crippen LogP contribution in [0.5, 0.6) is 11.5 Å². The first-order valence-electron chi connectivity index (χ1n) is 12.6. The maximum Gasteiger partial charge on any atom is 0.336 e. The second-order valence-corrected chi connectivity index (χ2v) is 9.39. The van der Waals surface area contributed by atoms with Crippen LogP contribution in [0.1, 0.15) is 46.0 Å². The number of carbonyl (C=O) groups is 1. The van der Waals surface area contributed by atoms with Gasteiger partial charge < -0.3 is 29.5 Å². The Morgan fingerprint density at radius 3 is 2.58 bits per heavy atom. The van der Waals surface area contributed by atoms with Crippen molar-refractivity contribution in [1.29, 1.82) is 0 Å². The van der Waals surface area contributed by atoms with E-state index in [2.05, 4.69) is 0 Å². The lowest BCUT2D eigenvalue weighted by molar-refractivity contribution is -0.0456. The van der Waals surface area contributed by atoms with E-state index in [1.807, 2.05) is 66.7 Å². The van der Waals surface area contributed by atoms with Gasteiger partial charge in [-0.05, 0) is 64.2 Å². The number of ether oxygens (including phenoxy) is 3. The smallest absolute Gasteiger partial charge is 0.336 e. The van der Waals surface area contributed by atoms with Crippen LogP contribution in [0, 0.1) is 0 Å². The number of carboxylic acid groups (broad SMARTS) is 1. The SMILES string of the molecule is COc1ccc(COc2ccc3c(-c4ccccc4)c(CO)c(C(=O)O)cc3c2)cc1C1CC(O)CCO1. The Hall–Kier alpha value is -3.91. The maximum absolute atomic E-state index is 12.1. The molecular formula is C31H30O7. The highest BCUT2D eigenvalue weighted by molar-refractivity contribution is 6.05. The molecule has 38 heavy (non-hydrogen) atoms. The van der Waals surface area contributed by atoms with Gasteiger partial charge in [-0.15, -0.1) is 0 Å². The zero-order valence-electron chi connectivity index (χ0n) is 21.1. The van der Waals surface area contributed by atoms with Crippen LogP contribution >= 0.6 is 0 Å². The summed E-state index contributed by atoms with van der Waals surface area (Å²) in [6, 6.07) is 22.4. The summed E-state index contributed by atoms with van der Waals surface area (Å²) in [6.07, 6.45) is 0.482. The first-order valence-corrected chi connectivity index (χ1v) is 12.6. The van der Waals surface area contributed by atoms with Crippen LogP contribution < -0.4 is 9.47 Å². The van der Waals surface area contributed by atoms with Crippen molar-refractivity contribution in [2.45, 2.75) is 38.3 Å². The summed E-state index contributed by atoms with van der Waals surface area (Å²) in [5.41, 5.74) is 3.76. The molecule has 1 saturated heterocycles. The lowest BCUT2D eigenvalue weighted by Crippen LogP contribution is -2.23. The molecule has 0 spiro atoms. The largest absolute Gasteiger partial charge is 0.496 e. The highest BCUT2D eigenvalue weighted by Crippen LogP contribution is 2.37. The highest BCUT2D eigenvalue weighted by atomic mass is 16.5. The molecule has 4 aromatic carbocycles. The summed E-state index contributed by atoms with van der Waals surface area (Å²) in [5, 5.41) is 31.6. The van der Waals surface area contributed by atoms with E-state index in [9.17, 15) is 20.1 Å². The second kappa shape index (κ2) is 11.2. The molecule has 0 aromatic heterocycles. The van der Waals surface area contributed by atoms with Crippen LogP contribution in [0.3, 0.4) is 0 Å². The van der Waals surface area contributed by atoms with Crippen molar-refractivity contribution in [2.24, 2.45) is 0 Å². The topological polar surface area (TPSA) is 105 Å². The van der Waals surface area contributed by atoms with Crippen molar-refractivity contribution in [3.8, 4) is 22.6 Å². The van der Waals surface area contributed by atoms with Gasteiger partial charge in [-0.25, -0.2) is 4.79 Å². The minimum Gasteiger partial charge on any atom is -0.496 e. The zero-order valence-corrected chi connectivity index (χ0v) is 21.1. The molecule has 7 nitrogen and oxygen atoms in total. The summed E-state index contributed by atoms with van der Waals surface area (Å²) in [6.45, 7) is 0.388. The molecule has 1 heterocycles. The van der Waals surface area contributed by atoms with Gasteiger partial charge >= 0.3 is 5.97 Å². The van der Waals surface area contributed by atoms with Gasteiger partial charge in [0, 0.05) is 24.2 Å². The fourth-order valence-electron chi connectivity index (χ4n) is 5.10. The quantitative estimate of drug-likeness (QED) is 0.285. The summed E-state index contributed by atoms with van der Waals surface area (Å²) >= 11 is 0. The van der Waals surface area contributed by atoms with Gasteiger partial charge in [-0.1, -0.05) is 42.5 Å². The van der Waals surface area contributed by atoms with Crippen LogP contribution in [0.25, 0.3) is 21.9 Å². The van der Waals surface area contributed by atoms with E-state index < -0.39 is 12.1 Å². The fraction of sp³-hybridized carbons (Fsp3) is 0.258. The average Bonchev–Trinajstić information content (AvgIpc) is 2.95. The molecule has 4 aromatic rings. The molecule has 2 unspecified atom stereocenters. The van der Waals surface area contributed by atoms with Crippen molar-refractivity contribution in [3.05, 3.63) is 95.1 Å². The van der Waals surface area contributed by atoms with Gasteiger partial charge in [0.05, 0.1) is 31.5 Å². The Labute approximate surface area is 220 Å². The predicted molar refractivity (Wildman–Crippen MR) is 144 cm³/mol. The molecule has 3 N–H and O–H groups in total. The second-order valence-electron chi connectivity index (χ2n) is 9.39. The third-order valence-electron chi connectivity index (χ3n) is 6.97. The molecule has 0 saturated carbocycles. The third kappa shape index (κ3) is 5.22. The number of rotatable bonds is 8. The van der Waals surface area contributed by atoms with E-state index in [-0.39, 0.29) is 24.9 Å². The molecule has 1 fully saturated rings. The molecule has 5 rings (SSSR count). The number of hydrogen-bond donors (Lipinski definition) is 3. The number of aliphatic hydroxyl groups excluding tert-OH is 2. The van der Waals surface area contributed by atoms with Crippen molar-refractivity contribution in [3.63, 3.8) is 0 Å². The standard InChI is InChI=1S/C31H30O7/c1-36-28-10-7-19(13-26(28)29-16-22(33)11-12-37-29)18-38-23-8-9-24-21(14-23)15-25(31(34)35)27(17-32)30(24)20-5-3-2-4-6-20/h2-10,13-15,22,29,32-33H,11-12,16-18H2,1H3,(H,34,35). The Kier molecular flexibility index (Phi) is 7.60. The van der Waals surface area contributed by atoms with Crippen molar-refractivity contribution in [1.82, 2.24) is 0 Å². The molecule has 2 atom stereocenters. The number of methoxy groups -OCH3 is 1. The van der Waals surface area contributed by atoms with Crippen LogP contribution in [0.15, 0.2) is 72.8 Å². The van der Waals surface area contributed by atoms with E-state index in [4.69, 9.17) is 14.2 Å². The average molecular weight is 515 g/mol. The van der Waals surface area contributed by atoms with E-state index in [1.165, 1.54) is 0 Å². The first kappa shape index (κ1) is 25.7. The molecule has 196 valence electrons. The fourth-order valence-corrected chi connectivity index (χ4v) is 5.10. The number of carboxylic acids is 1. The van der Waals surface area contributed by atoms with Gasteiger partial charge in [0.25, 0.3) is 0 Å². The summed E-state index contributed by atoms with van der Waals surface area (Å²) in [7, 11) is 1.61. The van der Waals surface area contributed by atoms with Crippen molar-refractivity contribution < 1.29 is 34.3 Å². The highest BCUT2D eigenvalue weighted by Gasteiger charge is 2.25. The van der Waals surface area contributed by atoms with Gasteiger partial charge in [-0.3, -0.25) is 0 Å². The van der Waals surface area contributed by atoms with E-state index in [1.54, 1.807) is 13.2 Å². The molecule has 0 radical (unpaired) electrons. The van der Waals surface area contributed by atoms with Gasteiger partial charge in [0.1, 0.15) is 18.1 Å². The Morgan fingerprint density at radius 1 is 1.05 bits per heavy atom. The maximum atomic E-state index is 12.1. The summed E-state index contributed by atoms with van der Waals surface area (Å²) < 4.78 is 17.5. The molecule has 7 heteroatoms. The van der Waals surface area contributed by atoms with Crippen LogP contribution in [0.4, 0.5) is 0 Å². The monoisotopic (exact) mass is 514 g/mol. The first-order chi connectivity index (χ1) is 18.5. The minimum absolute atomic E-state index is 0.0606. The van der Waals surface area contributed by atoms with Gasteiger partial charge in [-0.2, -0.15) is 0 Å². The Bertz CT molecular complexity index is 1450. The number of aliphatic hydroxyl groups is 2.